The number of fused-ring (bicyclic) bond motifs is 1. The van der Waals surface area contributed by atoms with Gasteiger partial charge in [0.15, 0.2) is 0 Å². The van der Waals surface area contributed by atoms with Crippen LogP contribution in [-0.2, 0) is 4.57 Å². The van der Waals surface area contributed by atoms with E-state index in [1.165, 1.54) is 11.3 Å². The molecule has 17 heavy (non-hydrogen) atoms. The summed E-state index contributed by atoms with van der Waals surface area (Å²) >= 11 is 1.34. The van der Waals surface area contributed by atoms with E-state index in [4.69, 9.17) is 29.3 Å². The minimum atomic E-state index is -4.64. The molecule has 0 atom stereocenters. The first kappa shape index (κ1) is 14.3. The monoisotopic (exact) mass is 277 g/mol. The van der Waals surface area contributed by atoms with E-state index in [0.717, 1.165) is 10.1 Å². The van der Waals surface area contributed by atoms with Gasteiger partial charge in [0, 0.05) is 17.2 Å². The van der Waals surface area contributed by atoms with Crippen LogP contribution in [0.15, 0.2) is 24.5 Å². The molecule has 0 fully saturated rings. The highest BCUT2D eigenvalue weighted by Gasteiger charge is 2.13. The SMILES string of the molecule is O=P(O)(O)O.OB(O)c1cc2ccncc2s1. The van der Waals surface area contributed by atoms with Gasteiger partial charge in [0.05, 0.1) is 4.70 Å². The molecule has 0 radical (unpaired) electrons. The Morgan fingerprint density at radius 2 is 1.88 bits per heavy atom. The van der Waals surface area contributed by atoms with Gasteiger partial charge in [-0.3, -0.25) is 4.98 Å². The van der Waals surface area contributed by atoms with Gasteiger partial charge in [-0.05, 0) is 17.5 Å². The second kappa shape index (κ2) is 5.70. The Hall–Kier alpha value is -0.795. The van der Waals surface area contributed by atoms with E-state index in [2.05, 4.69) is 4.98 Å². The number of thiophene rings is 1. The standard InChI is InChI=1S/C7H6BNO2S.H3O4P/c10-8(11)7-3-5-1-2-9-4-6(5)12-7;1-5(2,3)4/h1-4,10-11H;(H3,1,2,3,4). The molecule has 2 aromatic heterocycles. The summed E-state index contributed by atoms with van der Waals surface area (Å²) in [4.78, 5) is 25.5. The van der Waals surface area contributed by atoms with Gasteiger partial charge in [0.25, 0.3) is 0 Å². The zero-order valence-corrected chi connectivity index (χ0v) is 10.0. The molecule has 0 aliphatic rings. The third-order valence-electron chi connectivity index (χ3n) is 1.60. The average Bonchev–Trinajstić information content (AvgIpc) is 2.58. The summed E-state index contributed by atoms with van der Waals surface area (Å²) in [7, 11) is -6.01. The summed E-state index contributed by atoms with van der Waals surface area (Å²) in [5, 5.41) is 18.7. The highest BCUT2D eigenvalue weighted by molar-refractivity contribution is 7.45. The topological polar surface area (TPSA) is 131 Å². The number of pyridine rings is 1. The quantitative estimate of drug-likeness (QED) is 0.335. The lowest BCUT2D eigenvalue weighted by Gasteiger charge is -1.87. The first-order chi connectivity index (χ1) is 7.77. The molecule has 0 saturated carbocycles. The van der Waals surface area contributed by atoms with Gasteiger partial charge in [-0.2, -0.15) is 0 Å². The molecule has 10 heteroatoms. The molecule has 2 aromatic rings. The van der Waals surface area contributed by atoms with Crippen molar-refractivity contribution in [1.29, 1.82) is 0 Å². The maximum atomic E-state index is 8.88. The van der Waals surface area contributed by atoms with Crippen molar-refractivity contribution in [2.24, 2.45) is 0 Å². The number of nitrogens with zero attached hydrogens (tertiary/aromatic N) is 1. The van der Waals surface area contributed by atoms with Crippen molar-refractivity contribution in [3.63, 3.8) is 0 Å². The van der Waals surface area contributed by atoms with Crippen LogP contribution in [0.5, 0.6) is 0 Å². The van der Waals surface area contributed by atoms with Crippen molar-refractivity contribution in [3.8, 4) is 0 Å². The highest BCUT2D eigenvalue weighted by Crippen LogP contribution is 2.25. The van der Waals surface area contributed by atoms with Crippen molar-refractivity contribution >= 4 is 41.1 Å². The van der Waals surface area contributed by atoms with Crippen LogP contribution < -0.4 is 4.78 Å². The zero-order chi connectivity index (χ0) is 13.1. The summed E-state index contributed by atoms with van der Waals surface area (Å²) in [6, 6.07) is 3.60. The number of phosphoric acid groups is 1. The predicted octanol–water partition coefficient (Wildman–Crippen LogP) is -0.953. The van der Waals surface area contributed by atoms with Crippen LogP contribution in [0.25, 0.3) is 10.1 Å². The van der Waals surface area contributed by atoms with Gasteiger partial charge in [0.2, 0.25) is 0 Å². The van der Waals surface area contributed by atoms with Crippen LogP contribution in [0.3, 0.4) is 0 Å². The molecule has 0 amide bonds. The maximum Gasteiger partial charge on any atom is 0.499 e. The number of aromatic nitrogens is 1. The van der Waals surface area contributed by atoms with E-state index in [1.807, 2.05) is 6.07 Å². The fraction of sp³-hybridized carbons (Fsp3) is 0. The Labute approximate surface area is 100 Å². The Morgan fingerprint density at radius 1 is 1.29 bits per heavy atom. The molecule has 0 aliphatic heterocycles. The average molecular weight is 277 g/mol. The second-order valence-corrected chi connectivity index (χ2v) is 5.09. The van der Waals surface area contributed by atoms with Crippen molar-refractivity contribution < 1.29 is 29.3 Å². The minimum absolute atomic E-state index is 0.554. The Kier molecular flexibility index (Phi) is 4.78. The summed E-state index contributed by atoms with van der Waals surface area (Å²) in [6.45, 7) is 0. The largest absolute Gasteiger partial charge is 0.499 e. The van der Waals surface area contributed by atoms with Gasteiger partial charge in [-0.15, -0.1) is 11.3 Å². The molecule has 0 saturated heterocycles. The molecule has 2 heterocycles. The Bertz CT molecular complexity index is 499. The van der Waals surface area contributed by atoms with E-state index >= 15 is 0 Å². The highest BCUT2D eigenvalue weighted by atomic mass is 32.1. The summed E-state index contributed by atoms with van der Waals surface area (Å²) in [5.74, 6) is 0. The molecule has 2 rings (SSSR count). The third kappa shape index (κ3) is 5.38. The summed E-state index contributed by atoms with van der Waals surface area (Å²) < 4.78 is 10.4. The molecule has 0 aliphatic carbocycles. The van der Waals surface area contributed by atoms with Crippen molar-refractivity contribution in [2.45, 2.75) is 0 Å². The molecule has 5 N–H and O–H groups in total. The fourth-order valence-corrected chi connectivity index (χ4v) is 1.94. The van der Waals surface area contributed by atoms with Crippen molar-refractivity contribution in [1.82, 2.24) is 4.98 Å². The fourth-order valence-electron chi connectivity index (χ4n) is 1.03. The lowest BCUT2D eigenvalue weighted by molar-refractivity contribution is 0.275. The van der Waals surface area contributed by atoms with Crippen LogP contribution in [0.4, 0.5) is 0 Å². The van der Waals surface area contributed by atoms with Crippen LogP contribution in [0.1, 0.15) is 0 Å². The van der Waals surface area contributed by atoms with Crippen molar-refractivity contribution in [3.05, 3.63) is 24.5 Å². The van der Waals surface area contributed by atoms with Crippen LogP contribution in [0.2, 0.25) is 0 Å². The van der Waals surface area contributed by atoms with E-state index < -0.39 is 14.9 Å². The number of rotatable bonds is 1. The second-order valence-electron chi connectivity index (χ2n) is 2.95. The van der Waals surface area contributed by atoms with Crippen LogP contribution in [0, 0.1) is 0 Å². The first-order valence-corrected chi connectivity index (χ1v) is 6.63. The molecular weight excluding hydrogens is 268 g/mol. The van der Waals surface area contributed by atoms with Crippen molar-refractivity contribution in [2.75, 3.05) is 0 Å². The normalized spacial score (nSPS) is 10.9. The van der Waals surface area contributed by atoms with Crippen LogP contribution >= 0.6 is 19.2 Å². The lowest BCUT2D eigenvalue weighted by Crippen LogP contribution is -2.26. The minimum Gasteiger partial charge on any atom is -0.423 e. The molecule has 0 spiro atoms. The molecular formula is C7H9BNO6PS. The molecule has 0 unspecified atom stereocenters. The van der Waals surface area contributed by atoms with Gasteiger partial charge in [0.1, 0.15) is 0 Å². The predicted molar refractivity (Wildman–Crippen MR) is 63.7 cm³/mol. The van der Waals surface area contributed by atoms with E-state index in [0.29, 0.717) is 4.78 Å². The van der Waals surface area contributed by atoms with Gasteiger partial charge >= 0.3 is 14.9 Å². The van der Waals surface area contributed by atoms with Gasteiger partial charge < -0.3 is 24.7 Å². The van der Waals surface area contributed by atoms with Crippen LogP contribution in [-0.4, -0.2) is 36.8 Å². The maximum absolute atomic E-state index is 8.88. The Morgan fingerprint density at radius 3 is 2.35 bits per heavy atom. The molecule has 92 valence electrons. The van der Waals surface area contributed by atoms with Gasteiger partial charge in [-0.1, -0.05) is 0 Å². The summed E-state index contributed by atoms with van der Waals surface area (Å²) in [5.41, 5.74) is 0. The molecule has 0 bridgehead atoms. The van der Waals surface area contributed by atoms with E-state index in [-0.39, 0.29) is 0 Å². The summed E-state index contributed by atoms with van der Waals surface area (Å²) in [6.07, 6.45) is 3.40. The third-order valence-corrected chi connectivity index (χ3v) is 2.72. The Balaban J connectivity index is 0.000000249. The zero-order valence-electron chi connectivity index (χ0n) is 8.33. The molecule has 0 aromatic carbocycles. The van der Waals surface area contributed by atoms with E-state index in [1.54, 1.807) is 18.5 Å². The first-order valence-electron chi connectivity index (χ1n) is 4.25. The van der Waals surface area contributed by atoms with Gasteiger partial charge in [-0.25, -0.2) is 4.57 Å². The number of hydrogen-bond acceptors (Lipinski definition) is 5. The lowest BCUT2D eigenvalue weighted by atomic mass is 9.89. The number of hydrogen-bond donors (Lipinski definition) is 5. The molecule has 7 nitrogen and oxygen atoms in total. The van der Waals surface area contributed by atoms with E-state index in [9.17, 15) is 0 Å². The smallest absolute Gasteiger partial charge is 0.423 e.